The van der Waals surface area contributed by atoms with E-state index in [2.05, 4.69) is 10.3 Å². The lowest BCUT2D eigenvalue weighted by molar-refractivity contribution is 0.0975. The van der Waals surface area contributed by atoms with E-state index < -0.39 is 0 Å². The van der Waals surface area contributed by atoms with Crippen molar-refractivity contribution >= 4 is 11.6 Å². The van der Waals surface area contributed by atoms with Gasteiger partial charge in [0.15, 0.2) is 0 Å². The van der Waals surface area contributed by atoms with Crippen molar-refractivity contribution < 1.29 is 14.7 Å². The van der Waals surface area contributed by atoms with Crippen molar-refractivity contribution in [2.24, 2.45) is 0 Å². The van der Waals surface area contributed by atoms with Gasteiger partial charge < -0.3 is 10.4 Å². The van der Waals surface area contributed by atoms with E-state index in [-0.39, 0.29) is 23.0 Å². The van der Waals surface area contributed by atoms with Gasteiger partial charge in [0.25, 0.3) is 0 Å². The maximum atomic E-state index is 12.3. The Bertz CT molecular complexity index is 764. The number of carbonyl (C=O) groups is 2. The molecule has 1 aromatic carbocycles. The van der Waals surface area contributed by atoms with Gasteiger partial charge in [-0.05, 0) is 36.2 Å². The summed E-state index contributed by atoms with van der Waals surface area (Å²) >= 11 is 0. The molecule has 0 aliphatic heterocycles. The fraction of sp³-hybridized carbons (Fsp3) is 0.118. The second-order valence-corrected chi connectivity index (χ2v) is 4.99. The van der Waals surface area contributed by atoms with E-state index in [1.54, 1.807) is 24.3 Å². The number of aromatic hydroxyl groups is 1. The molecule has 110 valence electrons. The van der Waals surface area contributed by atoms with Crippen LogP contribution < -0.4 is 5.32 Å². The standard InChI is InChI=1S/C17H14N2O3/c20-12-5-3-11(4-6-12)7-9-18-14-10-15(21)16-13(17(14)22)2-1-8-19-16/h1-6,8,10,18,20H,7,9H2. The highest BCUT2D eigenvalue weighted by atomic mass is 16.3. The number of hydrogen-bond acceptors (Lipinski definition) is 5. The Kier molecular flexibility index (Phi) is 3.70. The molecule has 5 heteroatoms. The van der Waals surface area contributed by atoms with Crippen LogP contribution in [0.2, 0.25) is 0 Å². The van der Waals surface area contributed by atoms with Crippen LogP contribution in [0, 0.1) is 0 Å². The molecule has 0 saturated heterocycles. The first-order chi connectivity index (χ1) is 10.6. The van der Waals surface area contributed by atoms with Gasteiger partial charge in [0.1, 0.15) is 11.4 Å². The fourth-order valence-electron chi connectivity index (χ4n) is 2.33. The van der Waals surface area contributed by atoms with Crippen molar-refractivity contribution in [3.05, 3.63) is 71.2 Å². The smallest absolute Gasteiger partial charge is 0.211 e. The zero-order valence-corrected chi connectivity index (χ0v) is 11.7. The first kappa shape index (κ1) is 14.0. The van der Waals surface area contributed by atoms with E-state index in [1.165, 1.54) is 12.3 Å². The SMILES string of the molecule is O=C1C(NCCc2ccc(O)cc2)=CC(=O)c2ncccc21. The van der Waals surface area contributed by atoms with Gasteiger partial charge in [0, 0.05) is 18.8 Å². The average molecular weight is 294 g/mol. The molecule has 1 aliphatic carbocycles. The lowest BCUT2D eigenvalue weighted by atomic mass is 9.97. The van der Waals surface area contributed by atoms with E-state index in [1.807, 2.05) is 12.1 Å². The third-order valence-electron chi connectivity index (χ3n) is 3.47. The number of nitrogens with one attached hydrogen (secondary N) is 1. The third kappa shape index (κ3) is 2.74. The zero-order valence-electron chi connectivity index (χ0n) is 11.7. The maximum Gasteiger partial charge on any atom is 0.211 e. The molecule has 2 aromatic rings. The van der Waals surface area contributed by atoms with E-state index in [4.69, 9.17) is 0 Å². The Labute approximate surface area is 127 Å². The largest absolute Gasteiger partial charge is 0.508 e. The van der Waals surface area contributed by atoms with Crippen LogP contribution in [0.3, 0.4) is 0 Å². The van der Waals surface area contributed by atoms with Gasteiger partial charge in [-0.1, -0.05) is 12.1 Å². The van der Waals surface area contributed by atoms with Crippen LogP contribution in [-0.4, -0.2) is 28.2 Å². The number of ketones is 2. The molecule has 2 N–H and O–H groups in total. The minimum atomic E-state index is -0.262. The van der Waals surface area contributed by atoms with Crippen LogP contribution in [-0.2, 0) is 6.42 Å². The number of allylic oxidation sites excluding steroid dienone is 2. The lowest BCUT2D eigenvalue weighted by Crippen LogP contribution is -2.28. The Hall–Kier alpha value is -2.95. The fourth-order valence-corrected chi connectivity index (χ4v) is 2.33. The van der Waals surface area contributed by atoms with Gasteiger partial charge in [0.05, 0.1) is 11.3 Å². The topological polar surface area (TPSA) is 79.3 Å². The average Bonchev–Trinajstić information content (AvgIpc) is 2.54. The molecule has 0 saturated carbocycles. The Morgan fingerprint density at radius 1 is 1.09 bits per heavy atom. The number of aromatic nitrogens is 1. The highest BCUT2D eigenvalue weighted by molar-refractivity contribution is 6.23. The quantitative estimate of drug-likeness (QED) is 0.900. The summed E-state index contributed by atoms with van der Waals surface area (Å²) in [6.45, 7) is 0.519. The number of benzene rings is 1. The third-order valence-corrected chi connectivity index (χ3v) is 3.47. The number of carbonyl (C=O) groups excluding carboxylic acids is 2. The van der Waals surface area contributed by atoms with Crippen LogP contribution in [0.15, 0.2) is 54.4 Å². The summed E-state index contributed by atoms with van der Waals surface area (Å²) in [5.41, 5.74) is 1.87. The van der Waals surface area contributed by atoms with Gasteiger partial charge in [-0.3, -0.25) is 14.6 Å². The minimum Gasteiger partial charge on any atom is -0.508 e. The summed E-state index contributed by atoms with van der Waals surface area (Å²) in [5, 5.41) is 12.2. The van der Waals surface area contributed by atoms with Gasteiger partial charge in [-0.2, -0.15) is 0 Å². The lowest BCUT2D eigenvalue weighted by Gasteiger charge is -2.15. The molecule has 1 aliphatic rings. The zero-order chi connectivity index (χ0) is 15.5. The van der Waals surface area contributed by atoms with Crippen molar-refractivity contribution in [1.82, 2.24) is 10.3 Å². The van der Waals surface area contributed by atoms with Gasteiger partial charge >= 0.3 is 0 Å². The summed E-state index contributed by atoms with van der Waals surface area (Å²) < 4.78 is 0. The number of phenols is 1. The predicted octanol–water partition coefficient (Wildman–Crippen LogP) is 1.88. The van der Waals surface area contributed by atoms with E-state index in [0.29, 0.717) is 24.2 Å². The molecule has 0 radical (unpaired) electrons. The van der Waals surface area contributed by atoms with Crippen LogP contribution in [0.5, 0.6) is 5.75 Å². The van der Waals surface area contributed by atoms with E-state index in [9.17, 15) is 14.7 Å². The summed E-state index contributed by atoms with van der Waals surface area (Å²) in [6.07, 6.45) is 3.48. The Balaban J connectivity index is 1.67. The molecular weight excluding hydrogens is 280 g/mol. The molecule has 1 heterocycles. The number of hydrogen-bond donors (Lipinski definition) is 2. The summed E-state index contributed by atoms with van der Waals surface area (Å²) in [5.74, 6) is -0.257. The second-order valence-electron chi connectivity index (χ2n) is 4.99. The maximum absolute atomic E-state index is 12.3. The van der Waals surface area contributed by atoms with Crippen LogP contribution >= 0.6 is 0 Å². The molecule has 22 heavy (non-hydrogen) atoms. The number of rotatable bonds is 4. The molecule has 0 fully saturated rings. The second kappa shape index (κ2) is 5.81. The molecule has 5 nitrogen and oxygen atoms in total. The number of Topliss-reactive ketones (excluding diaryl/α,β-unsaturated/α-hetero) is 1. The molecule has 3 rings (SSSR count). The summed E-state index contributed by atoms with van der Waals surface area (Å²) in [7, 11) is 0. The normalized spacial score (nSPS) is 13.5. The minimum absolute atomic E-state index is 0.205. The van der Waals surface area contributed by atoms with Crippen molar-refractivity contribution in [2.45, 2.75) is 6.42 Å². The number of pyridine rings is 1. The Morgan fingerprint density at radius 3 is 2.64 bits per heavy atom. The van der Waals surface area contributed by atoms with Crippen molar-refractivity contribution in [1.29, 1.82) is 0 Å². The summed E-state index contributed by atoms with van der Waals surface area (Å²) in [4.78, 5) is 28.2. The van der Waals surface area contributed by atoms with Gasteiger partial charge in [-0.15, -0.1) is 0 Å². The van der Waals surface area contributed by atoms with Crippen LogP contribution in [0.25, 0.3) is 0 Å². The number of phenolic OH excluding ortho intramolecular Hbond substituents is 1. The van der Waals surface area contributed by atoms with Crippen molar-refractivity contribution in [3.63, 3.8) is 0 Å². The van der Waals surface area contributed by atoms with E-state index >= 15 is 0 Å². The molecular formula is C17H14N2O3. The first-order valence-corrected chi connectivity index (χ1v) is 6.92. The van der Waals surface area contributed by atoms with E-state index in [0.717, 1.165) is 5.56 Å². The van der Waals surface area contributed by atoms with Crippen LogP contribution in [0.1, 0.15) is 26.4 Å². The Morgan fingerprint density at radius 2 is 1.86 bits per heavy atom. The molecule has 0 spiro atoms. The highest BCUT2D eigenvalue weighted by Crippen LogP contribution is 2.17. The van der Waals surface area contributed by atoms with Crippen molar-refractivity contribution in [2.75, 3.05) is 6.54 Å². The number of fused-ring (bicyclic) bond motifs is 1. The number of nitrogens with zero attached hydrogens (tertiary/aromatic N) is 1. The molecule has 0 amide bonds. The molecule has 0 atom stereocenters. The molecule has 0 unspecified atom stereocenters. The van der Waals surface area contributed by atoms with Gasteiger partial charge in [-0.25, -0.2) is 0 Å². The summed E-state index contributed by atoms with van der Waals surface area (Å²) in [6, 6.07) is 10.1. The molecule has 1 aromatic heterocycles. The molecule has 0 bridgehead atoms. The van der Waals surface area contributed by atoms with Crippen LogP contribution in [0.4, 0.5) is 0 Å². The van der Waals surface area contributed by atoms with Crippen molar-refractivity contribution in [3.8, 4) is 5.75 Å². The predicted molar refractivity (Wildman–Crippen MR) is 80.8 cm³/mol. The first-order valence-electron chi connectivity index (χ1n) is 6.92. The highest BCUT2D eigenvalue weighted by Gasteiger charge is 2.25. The van der Waals surface area contributed by atoms with Gasteiger partial charge in [0.2, 0.25) is 11.6 Å². The monoisotopic (exact) mass is 294 g/mol.